The summed E-state index contributed by atoms with van der Waals surface area (Å²) in [6.07, 6.45) is 0. The van der Waals surface area contributed by atoms with Crippen molar-refractivity contribution in [2.24, 2.45) is 0 Å². The van der Waals surface area contributed by atoms with Crippen LogP contribution in [-0.2, 0) is 19.2 Å². The van der Waals surface area contributed by atoms with E-state index in [-0.39, 0.29) is 28.9 Å². The molecule has 1 saturated heterocycles. The average Bonchev–Trinajstić information content (AvgIpc) is 2.81. The van der Waals surface area contributed by atoms with Gasteiger partial charge in [-0.25, -0.2) is 8.42 Å². The highest BCUT2D eigenvalue weighted by Crippen LogP contribution is 2.37. The molecule has 1 heterocycles. The Bertz CT molecular complexity index is 1210. The van der Waals surface area contributed by atoms with Gasteiger partial charge in [-0.1, -0.05) is 99.1 Å². The topological polar surface area (TPSA) is 63.7 Å². The number of carbonyl (C=O) groups is 1. The molecular formula is C27H31NO4SSi. The molecule has 1 aliphatic rings. The lowest BCUT2D eigenvalue weighted by Crippen LogP contribution is -2.69. The van der Waals surface area contributed by atoms with E-state index in [2.05, 4.69) is 45.0 Å². The number of hydrogen-bond donors (Lipinski definition) is 0. The second kappa shape index (κ2) is 9.22. The summed E-state index contributed by atoms with van der Waals surface area (Å²) in [6.45, 7) is 8.28. The Morgan fingerprint density at radius 3 is 1.82 bits per heavy atom. The molecule has 5 nitrogen and oxygen atoms in total. The number of carbonyl (C=O) groups excluding carboxylic acids is 1. The van der Waals surface area contributed by atoms with Crippen LogP contribution in [0.25, 0.3) is 0 Å². The van der Waals surface area contributed by atoms with Crippen molar-refractivity contribution in [3.8, 4) is 0 Å². The van der Waals surface area contributed by atoms with Gasteiger partial charge in [0.25, 0.3) is 8.32 Å². The largest absolute Gasteiger partial charge is 0.405 e. The molecule has 1 fully saturated rings. The minimum Gasteiger partial charge on any atom is -0.405 e. The van der Waals surface area contributed by atoms with Crippen LogP contribution in [0.2, 0.25) is 5.04 Å². The van der Waals surface area contributed by atoms with Crippen molar-refractivity contribution < 1.29 is 17.6 Å². The van der Waals surface area contributed by atoms with Gasteiger partial charge < -0.3 is 4.43 Å². The van der Waals surface area contributed by atoms with Gasteiger partial charge in [0.05, 0.1) is 18.0 Å². The predicted molar refractivity (Wildman–Crippen MR) is 137 cm³/mol. The zero-order valence-corrected chi connectivity index (χ0v) is 21.9. The molecule has 7 heteroatoms. The highest BCUT2D eigenvalue weighted by molar-refractivity contribution is 7.89. The summed E-state index contributed by atoms with van der Waals surface area (Å²) >= 11 is 0. The van der Waals surface area contributed by atoms with Crippen LogP contribution in [0.3, 0.4) is 0 Å². The standard InChI is InChI=1S/C27H31NO4SSi/c1-21-15-17-22(18-16-21)33(30,31)28-19-26(29)25(28)20-32-34(27(2,3)4,23-11-7-5-8-12-23)24-13-9-6-10-14-24/h5-18,25H,19-20H2,1-4H3/t25-/m0/s1. The van der Waals surface area contributed by atoms with E-state index < -0.39 is 24.4 Å². The quantitative estimate of drug-likeness (QED) is 0.473. The Labute approximate surface area is 203 Å². The van der Waals surface area contributed by atoms with Crippen molar-refractivity contribution in [1.82, 2.24) is 4.31 Å². The highest BCUT2D eigenvalue weighted by atomic mass is 32.2. The van der Waals surface area contributed by atoms with Crippen LogP contribution in [0.5, 0.6) is 0 Å². The molecule has 3 aromatic carbocycles. The van der Waals surface area contributed by atoms with E-state index in [0.29, 0.717) is 0 Å². The van der Waals surface area contributed by atoms with E-state index in [4.69, 9.17) is 4.43 Å². The Morgan fingerprint density at radius 1 is 0.882 bits per heavy atom. The van der Waals surface area contributed by atoms with Crippen LogP contribution < -0.4 is 10.4 Å². The van der Waals surface area contributed by atoms with Gasteiger partial charge in [-0.15, -0.1) is 0 Å². The predicted octanol–water partition coefficient (Wildman–Crippen LogP) is 3.51. The second-order valence-electron chi connectivity index (χ2n) is 9.82. The lowest BCUT2D eigenvalue weighted by molar-refractivity contribution is -0.132. The fourth-order valence-electron chi connectivity index (χ4n) is 4.66. The van der Waals surface area contributed by atoms with E-state index in [1.54, 1.807) is 24.3 Å². The first kappa shape index (κ1) is 24.5. The van der Waals surface area contributed by atoms with Gasteiger partial charge in [0.15, 0.2) is 5.78 Å². The van der Waals surface area contributed by atoms with Gasteiger partial charge in [-0.3, -0.25) is 4.79 Å². The van der Waals surface area contributed by atoms with Gasteiger partial charge in [0, 0.05) is 0 Å². The molecular weight excluding hydrogens is 462 g/mol. The summed E-state index contributed by atoms with van der Waals surface area (Å²) < 4.78 is 34.7. The molecule has 178 valence electrons. The summed E-state index contributed by atoms with van der Waals surface area (Å²) in [4.78, 5) is 12.8. The molecule has 0 N–H and O–H groups in total. The smallest absolute Gasteiger partial charge is 0.261 e. The molecule has 0 bridgehead atoms. The number of Topliss-reactive ketones (excluding diaryl/α,β-unsaturated/α-hetero) is 1. The Morgan fingerprint density at radius 2 is 1.38 bits per heavy atom. The number of benzene rings is 3. The number of rotatable bonds is 7. The van der Waals surface area contributed by atoms with Crippen molar-refractivity contribution in [1.29, 1.82) is 0 Å². The van der Waals surface area contributed by atoms with Crippen LogP contribution in [0, 0.1) is 6.92 Å². The molecule has 4 rings (SSSR count). The lowest BCUT2D eigenvalue weighted by atomic mass is 10.1. The fraction of sp³-hybridized carbons (Fsp3) is 0.296. The molecule has 3 aromatic rings. The third-order valence-electron chi connectivity index (χ3n) is 6.53. The SMILES string of the molecule is Cc1ccc(S(=O)(=O)N2CC(=O)[C@@H]2CO[Si](c2ccccc2)(c2ccccc2)C(C)(C)C)cc1. The lowest BCUT2D eigenvalue weighted by Gasteiger charge is -2.45. The number of hydrogen-bond acceptors (Lipinski definition) is 4. The van der Waals surface area contributed by atoms with Crippen LogP contribution in [0.15, 0.2) is 89.8 Å². The first-order chi connectivity index (χ1) is 16.1. The number of nitrogens with zero attached hydrogens (tertiary/aromatic N) is 1. The summed E-state index contributed by atoms with van der Waals surface area (Å²) in [5.41, 5.74) is 0.977. The van der Waals surface area contributed by atoms with Crippen molar-refractivity contribution in [3.05, 3.63) is 90.5 Å². The van der Waals surface area contributed by atoms with Crippen molar-refractivity contribution in [2.75, 3.05) is 13.2 Å². The minimum absolute atomic E-state index is 0.0250. The average molecular weight is 494 g/mol. The van der Waals surface area contributed by atoms with Crippen molar-refractivity contribution in [3.63, 3.8) is 0 Å². The van der Waals surface area contributed by atoms with E-state index in [9.17, 15) is 13.2 Å². The van der Waals surface area contributed by atoms with Crippen LogP contribution in [0.4, 0.5) is 0 Å². The third kappa shape index (κ3) is 4.29. The number of sulfonamides is 1. The fourth-order valence-corrected chi connectivity index (χ4v) is 10.8. The van der Waals surface area contributed by atoms with E-state index >= 15 is 0 Å². The number of ketones is 1. The highest BCUT2D eigenvalue weighted by Gasteiger charge is 2.53. The summed E-state index contributed by atoms with van der Waals surface area (Å²) in [5.74, 6) is -0.117. The van der Waals surface area contributed by atoms with E-state index in [0.717, 1.165) is 15.9 Å². The van der Waals surface area contributed by atoms with Gasteiger partial charge in [0.2, 0.25) is 10.0 Å². The van der Waals surface area contributed by atoms with E-state index in [1.165, 1.54) is 4.31 Å². The number of aryl methyl sites for hydroxylation is 1. The first-order valence-electron chi connectivity index (χ1n) is 11.4. The molecule has 34 heavy (non-hydrogen) atoms. The van der Waals surface area contributed by atoms with Gasteiger partial charge in [-0.05, 0) is 34.5 Å². The normalized spacial score (nSPS) is 17.4. The van der Waals surface area contributed by atoms with Crippen LogP contribution in [-0.4, -0.2) is 46.0 Å². The summed E-state index contributed by atoms with van der Waals surface area (Å²) in [5, 5.41) is 1.92. The molecule has 0 unspecified atom stereocenters. The maximum atomic E-state index is 13.3. The monoisotopic (exact) mass is 493 g/mol. The summed E-state index contributed by atoms with van der Waals surface area (Å²) in [6, 6.07) is 26.1. The van der Waals surface area contributed by atoms with Crippen molar-refractivity contribution in [2.45, 2.75) is 43.7 Å². The van der Waals surface area contributed by atoms with Crippen molar-refractivity contribution >= 4 is 34.5 Å². The first-order valence-corrected chi connectivity index (χ1v) is 14.8. The summed E-state index contributed by atoms with van der Waals surface area (Å²) in [7, 11) is -6.66. The van der Waals surface area contributed by atoms with Crippen LogP contribution >= 0.6 is 0 Å². The van der Waals surface area contributed by atoms with E-state index in [1.807, 2.05) is 43.3 Å². The molecule has 0 aliphatic carbocycles. The molecule has 0 aromatic heterocycles. The molecule has 1 aliphatic heterocycles. The Kier molecular flexibility index (Phi) is 6.66. The molecule has 0 radical (unpaired) electrons. The maximum absolute atomic E-state index is 13.3. The zero-order valence-electron chi connectivity index (χ0n) is 20.1. The Hall–Kier alpha value is -2.58. The zero-order chi connectivity index (χ0) is 24.6. The van der Waals surface area contributed by atoms with Gasteiger partial charge >= 0.3 is 0 Å². The molecule has 1 atom stereocenters. The molecule has 0 amide bonds. The Balaban J connectivity index is 1.70. The van der Waals surface area contributed by atoms with Gasteiger partial charge in [0.1, 0.15) is 6.04 Å². The molecule has 0 spiro atoms. The minimum atomic E-state index is -3.79. The third-order valence-corrected chi connectivity index (χ3v) is 13.4. The van der Waals surface area contributed by atoms with Crippen LogP contribution in [0.1, 0.15) is 26.3 Å². The maximum Gasteiger partial charge on any atom is 0.261 e. The van der Waals surface area contributed by atoms with Gasteiger partial charge in [-0.2, -0.15) is 4.31 Å². The second-order valence-corrected chi connectivity index (χ2v) is 16.0. The molecule has 0 saturated carbocycles.